The maximum absolute atomic E-state index is 13.5. The van der Waals surface area contributed by atoms with Gasteiger partial charge in [-0.25, -0.2) is 0 Å². The largest absolute Gasteiger partial charge is 0.341 e. The number of hydrogen-bond acceptors (Lipinski definition) is 3. The maximum atomic E-state index is 13.5. The minimum atomic E-state index is -0.627. The van der Waals surface area contributed by atoms with Crippen molar-refractivity contribution in [2.45, 2.75) is 45.1 Å². The highest BCUT2D eigenvalue weighted by molar-refractivity contribution is 6.33. The van der Waals surface area contributed by atoms with Crippen molar-refractivity contribution in [3.8, 4) is 0 Å². The van der Waals surface area contributed by atoms with Gasteiger partial charge in [-0.15, -0.1) is 0 Å². The van der Waals surface area contributed by atoms with E-state index in [9.17, 15) is 14.4 Å². The molecule has 2 fully saturated rings. The number of amides is 3. The molecule has 0 bridgehead atoms. The van der Waals surface area contributed by atoms with E-state index in [0.29, 0.717) is 42.1 Å². The van der Waals surface area contributed by atoms with Gasteiger partial charge in [0.1, 0.15) is 6.04 Å². The number of rotatable bonds is 5. The predicted molar refractivity (Wildman–Crippen MR) is 133 cm³/mol. The van der Waals surface area contributed by atoms with Crippen LogP contribution in [-0.2, 0) is 4.79 Å². The van der Waals surface area contributed by atoms with Gasteiger partial charge in [-0.3, -0.25) is 14.4 Å². The second kappa shape index (κ2) is 11.0. The van der Waals surface area contributed by atoms with Crippen LogP contribution in [0.15, 0.2) is 48.5 Å². The highest BCUT2D eigenvalue weighted by Crippen LogP contribution is 2.26. The minimum absolute atomic E-state index is 0.0150. The number of piperidine rings is 2. The van der Waals surface area contributed by atoms with E-state index in [-0.39, 0.29) is 23.6 Å². The molecule has 4 rings (SSSR count). The lowest BCUT2D eigenvalue weighted by atomic mass is 9.87. The average molecular weight is 482 g/mol. The second-order valence-corrected chi connectivity index (χ2v) is 9.72. The molecule has 0 spiro atoms. The molecule has 2 aliphatic rings. The van der Waals surface area contributed by atoms with E-state index in [1.54, 1.807) is 24.3 Å². The quantitative estimate of drug-likeness (QED) is 0.691. The third-order valence-corrected chi connectivity index (χ3v) is 7.23. The Hall–Kier alpha value is -2.86. The number of nitrogens with zero attached hydrogens (tertiary/aromatic N) is 2. The Balaban J connectivity index is 1.47. The van der Waals surface area contributed by atoms with Gasteiger partial charge in [0.2, 0.25) is 5.91 Å². The first-order valence-corrected chi connectivity index (χ1v) is 12.5. The van der Waals surface area contributed by atoms with Crippen LogP contribution in [0.1, 0.15) is 58.4 Å². The summed E-state index contributed by atoms with van der Waals surface area (Å²) in [4.78, 5) is 43.3. The van der Waals surface area contributed by atoms with Gasteiger partial charge in [-0.2, -0.15) is 0 Å². The highest BCUT2D eigenvalue weighted by Gasteiger charge is 2.36. The zero-order chi connectivity index (χ0) is 24.1. The Morgan fingerprint density at radius 3 is 2.29 bits per heavy atom. The van der Waals surface area contributed by atoms with Crippen LogP contribution in [0.3, 0.4) is 0 Å². The summed E-state index contributed by atoms with van der Waals surface area (Å²) in [5.41, 5.74) is 2.11. The number of nitrogens with one attached hydrogen (secondary N) is 1. The Kier molecular flexibility index (Phi) is 7.88. The van der Waals surface area contributed by atoms with Gasteiger partial charge in [0, 0.05) is 31.7 Å². The fraction of sp³-hybridized carbons (Fsp3) is 0.444. The number of aryl methyl sites for hydroxylation is 1. The minimum Gasteiger partial charge on any atom is -0.341 e. The lowest BCUT2D eigenvalue weighted by Gasteiger charge is -2.38. The summed E-state index contributed by atoms with van der Waals surface area (Å²) in [5.74, 6) is -0.383. The molecule has 2 aromatic rings. The molecule has 1 N–H and O–H groups in total. The summed E-state index contributed by atoms with van der Waals surface area (Å²) in [6, 6.07) is 13.9. The van der Waals surface area contributed by atoms with Gasteiger partial charge in [0.05, 0.1) is 10.6 Å². The number of benzene rings is 2. The van der Waals surface area contributed by atoms with Crippen molar-refractivity contribution < 1.29 is 14.4 Å². The van der Waals surface area contributed by atoms with Crippen molar-refractivity contribution >= 4 is 29.3 Å². The summed E-state index contributed by atoms with van der Waals surface area (Å²) < 4.78 is 0. The molecule has 34 heavy (non-hydrogen) atoms. The van der Waals surface area contributed by atoms with Gasteiger partial charge in [-0.1, -0.05) is 41.4 Å². The molecule has 0 radical (unpaired) electrons. The number of carbonyl (C=O) groups excluding carboxylic acids is 3. The van der Waals surface area contributed by atoms with Crippen LogP contribution in [-0.4, -0.2) is 59.7 Å². The van der Waals surface area contributed by atoms with E-state index in [1.165, 1.54) is 0 Å². The second-order valence-electron chi connectivity index (χ2n) is 9.32. The number of hydrogen-bond donors (Lipinski definition) is 1. The summed E-state index contributed by atoms with van der Waals surface area (Å²) in [5, 5.41) is 3.37. The molecule has 0 saturated carbocycles. The Morgan fingerprint density at radius 1 is 0.912 bits per heavy atom. The molecule has 2 aromatic carbocycles. The van der Waals surface area contributed by atoms with Gasteiger partial charge in [0.25, 0.3) is 11.8 Å². The Morgan fingerprint density at radius 2 is 1.62 bits per heavy atom. The Labute approximate surface area is 206 Å². The van der Waals surface area contributed by atoms with Crippen LogP contribution in [0.25, 0.3) is 0 Å². The standard InChI is InChI=1S/C27H32ClN3O3/c1-19-8-7-9-21(18-19)26(33)31-16-12-20(13-17-31)24(27(34)30-14-5-2-6-15-30)29-25(32)22-10-3-4-11-23(22)28/h3-4,7-11,18,20,24H,2,5-6,12-17H2,1H3,(H,29,32)/t24-/m1/s1. The SMILES string of the molecule is Cc1cccc(C(=O)N2CCC([C@@H](NC(=O)c3ccccc3Cl)C(=O)N3CCCCC3)CC2)c1. The van der Waals surface area contributed by atoms with Crippen molar-refractivity contribution in [2.24, 2.45) is 5.92 Å². The molecule has 180 valence electrons. The molecule has 2 aliphatic heterocycles. The monoisotopic (exact) mass is 481 g/mol. The van der Waals surface area contributed by atoms with Crippen LogP contribution in [0.5, 0.6) is 0 Å². The molecule has 0 aromatic heterocycles. The van der Waals surface area contributed by atoms with Crippen molar-refractivity contribution in [1.82, 2.24) is 15.1 Å². The van der Waals surface area contributed by atoms with Crippen molar-refractivity contribution in [1.29, 1.82) is 0 Å². The van der Waals surface area contributed by atoms with E-state index in [1.807, 2.05) is 41.0 Å². The van der Waals surface area contributed by atoms with Gasteiger partial charge in [-0.05, 0) is 69.2 Å². The fourth-order valence-corrected chi connectivity index (χ4v) is 5.17. The molecule has 2 heterocycles. The van der Waals surface area contributed by atoms with Crippen molar-refractivity contribution in [3.05, 3.63) is 70.2 Å². The normalized spacial score (nSPS) is 17.8. The third kappa shape index (κ3) is 5.61. The lowest BCUT2D eigenvalue weighted by Crippen LogP contribution is -2.55. The maximum Gasteiger partial charge on any atom is 0.253 e. The van der Waals surface area contributed by atoms with Crippen LogP contribution < -0.4 is 5.32 Å². The molecule has 3 amide bonds. The van der Waals surface area contributed by atoms with E-state index in [2.05, 4.69) is 5.32 Å². The van der Waals surface area contributed by atoms with Crippen LogP contribution in [0.2, 0.25) is 5.02 Å². The average Bonchev–Trinajstić information content (AvgIpc) is 2.87. The molecule has 1 atom stereocenters. The molecule has 0 aliphatic carbocycles. The zero-order valence-electron chi connectivity index (χ0n) is 19.6. The molecule has 2 saturated heterocycles. The first kappa shape index (κ1) is 24.3. The molecular weight excluding hydrogens is 450 g/mol. The van der Waals surface area contributed by atoms with Crippen molar-refractivity contribution in [2.75, 3.05) is 26.2 Å². The molecule has 7 heteroatoms. The Bertz CT molecular complexity index is 1040. The van der Waals surface area contributed by atoms with E-state index in [0.717, 1.165) is 37.9 Å². The first-order chi connectivity index (χ1) is 16.4. The van der Waals surface area contributed by atoms with Crippen LogP contribution in [0.4, 0.5) is 0 Å². The summed E-state index contributed by atoms with van der Waals surface area (Å²) >= 11 is 6.24. The smallest absolute Gasteiger partial charge is 0.253 e. The zero-order valence-corrected chi connectivity index (χ0v) is 20.4. The van der Waals surface area contributed by atoms with Crippen LogP contribution >= 0.6 is 11.6 Å². The predicted octanol–water partition coefficient (Wildman–Crippen LogP) is 4.31. The van der Waals surface area contributed by atoms with Crippen molar-refractivity contribution in [3.63, 3.8) is 0 Å². The topological polar surface area (TPSA) is 69.7 Å². The first-order valence-electron chi connectivity index (χ1n) is 12.1. The fourth-order valence-electron chi connectivity index (χ4n) is 4.95. The molecule has 6 nitrogen and oxygen atoms in total. The number of carbonyl (C=O) groups is 3. The van der Waals surface area contributed by atoms with Crippen LogP contribution in [0, 0.1) is 12.8 Å². The van der Waals surface area contributed by atoms with E-state index in [4.69, 9.17) is 11.6 Å². The highest BCUT2D eigenvalue weighted by atomic mass is 35.5. The van der Waals surface area contributed by atoms with E-state index >= 15 is 0 Å². The van der Waals surface area contributed by atoms with Gasteiger partial charge >= 0.3 is 0 Å². The summed E-state index contributed by atoms with van der Waals surface area (Å²) in [7, 11) is 0. The van der Waals surface area contributed by atoms with E-state index < -0.39 is 6.04 Å². The lowest BCUT2D eigenvalue weighted by molar-refractivity contribution is -0.136. The number of likely N-dealkylation sites (tertiary alicyclic amines) is 2. The summed E-state index contributed by atoms with van der Waals surface area (Å²) in [6.07, 6.45) is 4.41. The summed E-state index contributed by atoms with van der Waals surface area (Å²) in [6.45, 7) is 4.54. The van der Waals surface area contributed by atoms with Gasteiger partial charge < -0.3 is 15.1 Å². The van der Waals surface area contributed by atoms with Gasteiger partial charge in [0.15, 0.2) is 0 Å². The molecular formula is C27H32ClN3O3. The number of halogens is 1. The third-order valence-electron chi connectivity index (χ3n) is 6.90. The molecule has 0 unspecified atom stereocenters.